The molecule has 0 fully saturated rings. The van der Waals surface area contributed by atoms with Gasteiger partial charge in [-0.25, -0.2) is 8.42 Å². The largest absolute Gasteiger partial charge is 0.496 e. The highest BCUT2D eigenvalue weighted by molar-refractivity contribution is 7.93. The molecule has 0 unspecified atom stereocenters. The third kappa shape index (κ3) is 2.74. The van der Waals surface area contributed by atoms with Gasteiger partial charge in [-0.2, -0.15) is 0 Å². The highest BCUT2D eigenvalue weighted by Gasteiger charge is 2.20. The van der Waals surface area contributed by atoms with Crippen LogP contribution in [-0.4, -0.2) is 20.5 Å². The number of aromatic nitrogens is 1. The van der Waals surface area contributed by atoms with Gasteiger partial charge in [-0.3, -0.25) is 9.71 Å². The minimum absolute atomic E-state index is 0.0318. The first-order valence-corrected chi connectivity index (χ1v) is 8.72. The number of benzene rings is 2. The second kappa shape index (κ2) is 6.01. The Morgan fingerprint density at radius 1 is 1.12 bits per heavy atom. The van der Waals surface area contributed by atoms with Gasteiger partial charge < -0.3 is 10.5 Å². The van der Waals surface area contributed by atoms with Crippen LogP contribution >= 0.6 is 0 Å². The molecule has 3 N–H and O–H groups in total. The number of hydrogen-bond acceptors (Lipinski definition) is 5. The minimum atomic E-state index is -3.83. The molecule has 0 radical (unpaired) electrons. The average Bonchev–Trinajstić information content (AvgIpc) is 2.57. The van der Waals surface area contributed by atoms with Gasteiger partial charge in [-0.1, -0.05) is 18.2 Å². The molecular weight excluding hydrogens is 326 g/mol. The van der Waals surface area contributed by atoms with Crippen LogP contribution in [0, 0.1) is 6.92 Å². The smallest absolute Gasteiger partial charge is 0.264 e. The van der Waals surface area contributed by atoms with Crippen LogP contribution in [0.3, 0.4) is 0 Å². The monoisotopic (exact) mass is 343 g/mol. The lowest BCUT2D eigenvalue weighted by Crippen LogP contribution is -2.16. The van der Waals surface area contributed by atoms with E-state index in [4.69, 9.17) is 10.5 Å². The van der Waals surface area contributed by atoms with Crippen LogP contribution in [0.4, 0.5) is 11.4 Å². The Hall–Kier alpha value is -2.80. The molecule has 3 aromatic rings. The van der Waals surface area contributed by atoms with Crippen molar-refractivity contribution in [2.75, 3.05) is 17.6 Å². The van der Waals surface area contributed by atoms with Crippen LogP contribution < -0.4 is 15.2 Å². The Kier molecular flexibility index (Phi) is 4.02. The molecule has 0 bridgehead atoms. The predicted octanol–water partition coefficient (Wildman–Crippen LogP) is 2.93. The number of nitrogen functional groups attached to an aromatic ring is 1. The molecule has 0 saturated carbocycles. The van der Waals surface area contributed by atoms with Crippen molar-refractivity contribution in [3.05, 3.63) is 54.2 Å². The van der Waals surface area contributed by atoms with Crippen LogP contribution in [-0.2, 0) is 10.0 Å². The predicted molar refractivity (Wildman–Crippen MR) is 94.7 cm³/mol. The van der Waals surface area contributed by atoms with Gasteiger partial charge in [0, 0.05) is 11.6 Å². The first kappa shape index (κ1) is 16.1. The van der Waals surface area contributed by atoms with Gasteiger partial charge in [-0.15, -0.1) is 0 Å². The lowest BCUT2D eigenvalue weighted by atomic mass is 10.1. The van der Waals surface area contributed by atoms with Crippen molar-refractivity contribution >= 4 is 32.3 Å². The van der Waals surface area contributed by atoms with E-state index in [9.17, 15) is 8.42 Å². The highest BCUT2D eigenvalue weighted by Crippen LogP contribution is 2.33. The molecule has 124 valence electrons. The van der Waals surface area contributed by atoms with Gasteiger partial charge in [0.15, 0.2) is 0 Å². The van der Waals surface area contributed by atoms with Crippen LogP contribution in [0.1, 0.15) is 5.56 Å². The van der Waals surface area contributed by atoms with E-state index in [0.717, 1.165) is 10.9 Å². The van der Waals surface area contributed by atoms with E-state index >= 15 is 0 Å². The fourth-order valence-electron chi connectivity index (χ4n) is 2.52. The molecular formula is C17H17N3O3S. The van der Waals surface area contributed by atoms with E-state index in [0.29, 0.717) is 17.0 Å². The lowest BCUT2D eigenvalue weighted by Gasteiger charge is -2.15. The van der Waals surface area contributed by atoms with E-state index in [-0.39, 0.29) is 10.6 Å². The van der Waals surface area contributed by atoms with Crippen molar-refractivity contribution in [2.45, 2.75) is 11.8 Å². The summed E-state index contributed by atoms with van der Waals surface area (Å²) in [6.45, 7) is 1.81. The van der Waals surface area contributed by atoms with Crippen molar-refractivity contribution < 1.29 is 13.2 Å². The highest BCUT2D eigenvalue weighted by atomic mass is 32.2. The number of nitrogens with one attached hydrogen (secondary N) is 1. The van der Waals surface area contributed by atoms with Crippen LogP contribution in [0.25, 0.3) is 10.9 Å². The molecule has 0 aliphatic rings. The summed E-state index contributed by atoms with van der Waals surface area (Å²) in [5, 5.41) is 0.726. The molecule has 0 atom stereocenters. The summed E-state index contributed by atoms with van der Waals surface area (Å²) >= 11 is 0. The van der Waals surface area contributed by atoms with Gasteiger partial charge in [-0.05, 0) is 36.8 Å². The van der Waals surface area contributed by atoms with Gasteiger partial charge in [0.2, 0.25) is 0 Å². The maximum atomic E-state index is 12.7. The fraction of sp³-hybridized carbons (Fsp3) is 0.118. The Morgan fingerprint density at radius 2 is 1.88 bits per heavy atom. The molecule has 0 aliphatic heterocycles. The molecule has 7 heteroatoms. The van der Waals surface area contributed by atoms with E-state index in [1.165, 1.54) is 6.07 Å². The van der Waals surface area contributed by atoms with Crippen LogP contribution in [0.2, 0.25) is 0 Å². The topological polar surface area (TPSA) is 94.3 Å². The zero-order valence-electron chi connectivity index (χ0n) is 13.3. The molecule has 0 aliphatic carbocycles. The van der Waals surface area contributed by atoms with E-state index < -0.39 is 10.0 Å². The molecule has 1 heterocycles. The fourth-order valence-corrected chi connectivity index (χ4v) is 3.79. The molecule has 24 heavy (non-hydrogen) atoms. The summed E-state index contributed by atoms with van der Waals surface area (Å²) in [6, 6.07) is 11.7. The third-order valence-electron chi connectivity index (χ3n) is 3.75. The molecule has 3 rings (SSSR count). The summed E-state index contributed by atoms with van der Waals surface area (Å²) < 4.78 is 33.4. The third-order valence-corrected chi connectivity index (χ3v) is 5.17. The summed E-state index contributed by atoms with van der Waals surface area (Å²) in [7, 11) is -2.27. The van der Waals surface area contributed by atoms with Gasteiger partial charge >= 0.3 is 0 Å². The van der Waals surface area contributed by atoms with Crippen molar-refractivity contribution in [3.8, 4) is 5.75 Å². The molecule has 6 nitrogen and oxygen atoms in total. The van der Waals surface area contributed by atoms with E-state index in [1.807, 2.05) is 19.1 Å². The maximum absolute atomic E-state index is 12.7. The Balaban J connectivity index is 2.17. The number of nitrogens with two attached hydrogens (primary N) is 1. The Morgan fingerprint density at radius 3 is 2.58 bits per heavy atom. The van der Waals surface area contributed by atoms with Crippen molar-refractivity contribution in [1.82, 2.24) is 4.98 Å². The number of nitrogens with zero attached hydrogens (tertiary/aromatic N) is 1. The minimum Gasteiger partial charge on any atom is -0.496 e. The maximum Gasteiger partial charge on any atom is 0.264 e. The van der Waals surface area contributed by atoms with Crippen LogP contribution in [0.5, 0.6) is 5.75 Å². The van der Waals surface area contributed by atoms with E-state index in [2.05, 4.69) is 9.71 Å². The lowest BCUT2D eigenvalue weighted by molar-refractivity contribution is 0.419. The number of anilines is 2. The quantitative estimate of drug-likeness (QED) is 0.710. The number of fused-ring (bicyclic) bond motifs is 1. The summed E-state index contributed by atoms with van der Waals surface area (Å²) in [5.41, 5.74) is 7.67. The van der Waals surface area contributed by atoms with E-state index in [1.54, 1.807) is 37.6 Å². The number of sulfonamides is 1. The van der Waals surface area contributed by atoms with Crippen molar-refractivity contribution in [1.29, 1.82) is 0 Å². The normalized spacial score (nSPS) is 11.4. The first-order valence-electron chi connectivity index (χ1n) is 7.23. The average molecular weight is 343 g/mol. The molecule has 0 spiro atoms. The number of rotatable bonds is 4. The zero-order chi connectivity index (χ0) is 17.3. The number of ether oxygens (including phenoxy) is 1. The molecule has 2 aromatic carbocycles. The summed E-state index contributed by atoms with van der Waals surface area (Å²) in [5.74, 6) is 0.625. The Bertz CT molecular complexity index is 1020. The number of hydrogen-bond donors (Lipinski definition) is 2. The molecule has 0 amide bonds. The van der Waals surface area contributed by atoms with Crippen molar-refractivity contribution in [3.63, 3.8) is 0 Å². The summed E-state index contributed by atoms with van der Waals surface area (Å²) in [4.78, 5) is 4.34. The van der Waals surface area contributed by atoms with Crippen molar-refractivity contribution in [2.24, 2.45) is 0 Å². The number of para-hydroxylation sites is 1. The molecule has 0 saturated heterocycles. The second-order valence-electron chi connectivity index (χ2n) is 5.31. The Labute approximate surface area is 140 Å². The van der Waals surface area contributed by atoms with Gasteiger partial charge in [0.1, 0.15) is 10.6 Å². The van der Waals surface area contributed by atoms with Gasteiger partial charge in [0.05, 0.1) is 24.0 Å². The summed E-state index contributed by atoms with van der Waals surface area (Å²) in [6.07, 6.45) is 1.58. The zero-order valence-corrected chi connectivity index (χ0v) is 14.1. The number of pyridine rings is 1. The first-order chi connectivity index (χ1) is 11.4. The molecule has 1 aromatic heterocycles. The number of aryl methyl sites for hydroxylation is 1. The number of methoxy groups -OCH3 is 1. The SMILES string of the molecule is COc1ccnc2c(NS(=O)(=O)c3ccccc3N)c(C)ccc12. The van der Waals surface area contributed by atoms with Crippen LogP contribution in [0.15, 0.2) is 53.6 Å². The standard InChI is InChI=1S/C17H17N3O3S/c1-11-7-8-12-14(23-2)9-10-19-17(12)16(11)20-24(21,22)15-6-4-3-5-13(15)18/h3-10,20H,18H2,1-2H3. The van der Waals surface area contributed by atoms with Gasteiger partial charge in [0.25, 0.3) is 10.0 Å². The second-order valence-corrected chi connectivity index (χ2v) is 6.96.